The molecule has 0 fully saturated rings. The van der Waals surface area contributed by atoms with Crippen LogP contribution in [0.2, 0.25) is 0 Å². The molecular weight excluding hydrogens is 215 g/mol. The zero-order valence-corrected chi connectivity index (χ0v) is 10.7. The van der Waals surface area contributed by atoms with Gasteiger partial charge in [-0.1, -0.05) is 19.9 Å². The van der Waals surface area contributed by atoms with Gasteiger partial charge in [-0.2, -0.15) is 5.26 Å². The Kier molecular flexibility index (Phi) is 4.51. The fourth-order valence-electron chi connectivity index (χ4n) is 1.60. The van der Waals surface area contributed by atoms with Crippen LogP contribution >= 0.6 is 0 Å². The molecule has 2 nitrogen and oxygen atoms in total. The van der Waals surface area contributed by atoms with Gasteiger partial charge in [-0.3, -0.25) is 0 Å². The molecule has 0 amide bonds. The van der Waals surface area contributed by atoms with Crippen LogP contribution in [0.1, 0.15) is 32.3 Å². The van der Waals surface area contributed by atoms with Crippen LogP contribution in [0.5, 0.6) is 0 Å². The third-order valence-corrected chi connectivity index (χ3v) is 2.87. The van der Waals surface area contributed by atoms with Gasteiger partial charge in [-0.15, -0.1) is 0 Å². The van der Waals surface area contributed by atoms with Gasteiger partial charge in [0.1, 0.15) is 5.82 Å². The molecule has 17 heavy (non-hydrogen) atoms. The number of nitriles is 1. The summed E-state index contributed by atoms with van der Waals surface area (Å²) in [5.41, 5.74) is 1.90. The average Bonchev–Trinajstić information content (AvgIpc) is 2.28. The Morgan fingerprint density at radius 3 is 2.76 bits per heavy atom. The van der Waals surface area contributed by atoms with Crippen LogP contribution in [-0.2, 0) is 0 Å². The number of rotatable bonds is 5. The lowest BCUT2D eigenvalue weighted by Gasteiger charge is -2.25. The Morgan fingerprint density at radius 1 is 1.41 bits per heavy atom. The molecule has 1 aromatic rings. The van der Waals surface area contributed by atoms with Gasteiger partial charge in [0.05, 0.1) is 6.07 Å². The van der Waals surface area contributed by atoms with Crippen LogP contribution in [0.25, 0.3) is 0 Å². The maximum atomic E-state index is 13.1. The van der Waals surface area contributed by atoms with E-state index in [1.165, 1.54) is 12.1 Å². The minimum atomic E-state index is -0.229. The number of aryl methyl sites for hydroxylation is 1. The second kappa shape index (κ2) is 5.67. The molecule has 1 rings (SSSR count). The van der Waals surface area contributed by atoms with Crippen molar-refractivity contribution >= 4 is 5.69 Å². The van der Waals surface area contributed by atoms with E-state index in [-0.39, 0.29) is 11.2 Å². The highest BCUT2D eigenvalue weighted by Gasteiger charge is 2.17. The molecule has 0 spiro atoms. The molecule has 0 heterocycles. The first-order valence-corrected chi connectivity index (χ1v) is 5.81. The van der Waals surface area contributed by atoms with Crippen LogP contribution < -0.4 is 5.32 Å². The number of hydrogen-bond donors (Lipinski definition) is 1. The molecule has 92 valence electrons. The summed E-state index contributed by atoms with van der Waals surface area (Å²) in [6.07, 6.45) is 1.39. The lowest BCUT2D eigenvalue weighted by molar-refractivity contribution is 0.363. The summed E-state index contributed by atoms with van der Waals surface area (Å²) < 4.78 is 13.1. The van der Waals surface area contributed by atoms with Gasteiger partial charge in [0.15, 0.2) is 0 Å². The third kappa shape index (κ3) is 4.44. The Balaban J connectivity index is 2.61. The lowest BCUT2D eigenvalue weighted by Crippen LogP contribution is -2.23. The molecule has 0 aliphatic heterocycles. The minimum Gasteiger partial charge on any atom is -0.384 e. The zero-order valence-electron chi connectivity index (χ0n) is 10.7. The van der Waals surface area contributed by atoms with Gasteiger partial charge < -0.3 is 5.32 Å². The summed E-state index contributed by atoms with van der Waals surface area (Å²) >= 11 is 0. The molecule has 0 unspecified atom stereocenters. The molecule has 0 saturated carbocycles. The van der Waals surface area contributed by atoms with Crippen molar-refractivity contribution in [1.29, 1.82) is 5.26 Å². The molecule has 0 aromatic heterocycles. The zero-order chi connectivity index (χ0) is 12.9. The van der Waals surface area contributed by atoms with Gasteiger partial charge in [-0.05, 0) is 36.5 Å². The summed E-state index contributed by atoms with van der Waals surface area (Å²) in [7, 11) is 0. The molecule has 1 N–H and O–H groups in total. The molecule has 0 aliphatic rings. The molecule has 0 saturated heterocycles. The molecule has 3 heteroatoms. The van der Waals surface area contributed by atoms with Crippen molar-refractivity contribution in [3.63, 3.8) is 0 Å². The van der Waals surface area contributed by atoms with E-state index in [9.17, 15) is 4.39 Å². The Labute approximate surface area is 102 Å². The summed E-state index contributed by atoms with van der Waals surface area (Å²) in [5.74, 6) is -0.229. The highest BCUT2D eigenvalue weighted by Crippen LogP contribution is 2.24. The smallest absolute Gasteiger partial charge is 0.125 e. The average molecular weight is 234 g/mol. The Bertz CT molecular complexity index is 419. The second-order valence-electron chi connectivity index (χ2n) is 5.14. The highest BCUT2D eigenvalue weighted by molar-refractivity contribution is 5.50. The summed E-state index contributed by atoms with van der Waals surface area (Å²) in [6, 6.07) is 6.89. The second-order valence-corrected chi connectivity index (χ2v) is 5.14. The van der Waals surface area contributed by atoms with Crippen molar-refractivity contribution in [3.05, 3.63) is 29.6 Å². The molecule has 1 aromatic carbocycles. The van der Waals surface area contributed by atoms with E-state index in [4.69, 9.17) is 5.26 Å². The number of nitrogens with zero attached hydrogens (tertiary/aromatic N) is 1. The normalized spacial score (nSPS) is 11.0. The SMILES string of the molecule is Cc1ccc(F)cc1NCC(C)(C)CCC#N. The van der Waals surface area contributed by atoms with Crippen LogP contribution in [0.4, 0.5) is 10.1 Å². The van der Waals surface area contributed by atoms with Gasteiger partial charge in [0.2, 0.25) is 0 Å². The fraction of sp³-hybridized carbons (Fsp3) is 0.500. The summed E-state index contributed by atoms with van der Waals surface area (Å²) in [5, 5.41) is 11.8. The fourth-order valence-corrected chi connectivity index (χ4v) is 1.60. The van der Waals surface area contributed by atoms with E-state index in [1.54, 1.807) is 6.07 Å². The van der Waals surface area contributed by atoms with E-state index >= 15 is 0 Å². The van der Waals surface area contributed by atoms with E-state index in [0.717, 1.165) is 24.2 Å². The van der Waals surface area contributed by atoms with Crippen LogP contribution in [0, 0.1) is 29.5 Å². The number of anilines is 1. The minimum absolute atomic E-state index is 0.0362. The van der Waals surface area contributed by atoms with Gasteiger partial charge >= 0.3 is 0 Å². The number of hydrogen-bond acceptors (Lipinski definition) is 2. The largest absolute Gasteiger partial charge is 0.384 e. The van der Waals surface area contributed by atoms with Gasteiger partial charge in [0, 0.05) is 18.7 Å². The van der Waals surface area contributed by atoms with Crippen LogP contribution in [0.3, 0.4) is 0 Å². The number of benzene rings is 1. The first kappa shape index (κ1) is 13.5. The van der Waals surface area contributed by atoms with Crippen molar-refractivity contribution in [2.45, 2.75) is 33.6 Å². The highest BCUT2D eigenvalue weighted by atomic mass is 19.1. The standard InChI is InChI=1S/C14H19FN2/c1-11-5-6-12(15)9-13(11)17-10-14(2,3)7-4-8-16/h5-6,9,17H,4,7,10H2,1-3H3. The lowest BCUT2D eigenvalue weighted by atomic mass is 9.88. The molecular formula is C14H19FN2. The van der Waals surface area contributed by atoms with Crippen molar-refractivity contribution in [2.75, 3.05) is 11.9 Å². The summed E-state index contributed by atoms with van der Waals surface area (Å²) in [6.45, 7) is 6.89. The van der Waals surface area contributed by atoms with Crippen molar-refractivity contribution < 1.29 is 4.39 Å². The van der Waals surface area contributed by atoms with Crippen molar-refractivity contribution in [2.24, 2.45) is 5.41 Å². The van der Waals surface area contributed by atoms with Crippen molar-refractivity contribution in [3.8, 4) is 6.07 Å². The van der Waals surface area contributed by atoms with Crippen LogP contribution in [-0.4, -0.2) is 6.54 Å². The molecule has 0 bridgehead atoms. The van der Waals surface area contributed by atoms with E-state index in [1.807, 2.05) is 6.92 Å². The van der Waals surface area contributed by atoms with Crippen molar-refractivity contribution in [1.82, 2.24) is 0 Å². The van der Waals surface area contributed by atoms with Gasteiger partial charge in [0.25, 0.3) is 0 Å². The first-order chi connectivity index (χ1) is 7.94. The Morgan fingerprint density at radius 2 is 2.12 bits per heavy atom. The third-order valence-electron chi connectivity index (χ3n) is 2.87. The quantitative estimate of drug-likeness (QED) is 0.839. The number of halogens is 1. The predicted octanol–water partition coefficient (Wildman–Crippen LogP) is 3.88. The van der Waals surface area contributed by atoms with Gasteiger partial charge in [-0.25, -0.2) is 4.39 Å². The number of nitrogens with one attached hydrogen (secondary N) is 1. The Hall–Kier alpha value is -1.56. The first-order valence-electron chi connectivity index (χ1n) is 5.81. The topological polar surface area (TPSA) is 35.8 Å². The maximum absolute atomic E-state index is 13.1. The monoisotopic (exact) mass is 234 g/mol. The van der Waals surface area contributed by atoms with Crippen LogP contribution in [0.15, 0.2) is 18.2 Å². The summed E-state index contributed by atoms with van der Waals surface area (Å²) in [4.78, 5) is 0. The van der Waals surface area contributed by atoms with E-state index < -0.39 is 0 Å². The molecule has 0 aliphatic carbocycles. The molecule has 0 atom stereocenters. The molecule has 0 radical (unpaired) electrons. The predicted molar refractivity (Wildman–Crippen MR) is 68.3 cm³/mol. The van der Waals surface area contributed by atoms with E-state index in [2.05, 4.69) is 25.2 Å². The van der Waals surface area contributed by atoms with E-state index in [0.29, 0.717) is 6.42 Å². The maximum Gasteiger partial charge on any atom is 0.125 e.